The monoisotopic (exact) mass is 351 g/mol. The molecule has 0 radical (unpaired) electrons. The Morgan fingerprint density at radius 3 is 2.65 bits per heavy atom. The third-order valence-electron chi connectivity index (χ3n) is 3.60. The first-order valence-corrected chi connectivity index (χ1v) is 9.28. The maximum atomic E-state index is 4.46. The van der Waals surface area contributed by atoms with Gasteiger partial charge in [0.25, 0.3) is 0 Å². The maximum Gasteiger partial charge on any atom is 0.191 e. The number of rotatable bonds is 6. The summed E-state index contributed by atoms with van der Waals surface area (Å²) >= 11 is 3.52. The Morgan fingerprint density at radius 1 is 1.35 bits per heavy atom. The van der Waals surface area contributed by atoms with E-state index < -0.39 is 0 Å². The number of thiazole rings is 1. The predicted molar refractivity (Wildman–Crippen MR) is 101 cm³/mol. The zero-order valence-electron chi connectivity index (χ0n) is 14.4. The number of guanidine groups is 1. The molecule has 1 atom stereocenters. The Labute approximate surface area is 146 Å². The summed E-state index contributed by atoms with van der Waals surface area (Å²) in [5, 5.41) is 10.0. The first-order chi connectivity index (χ1) is 11.0. The lowest BCUT2D eigenvalue weighted by molar-refractivity contribution is 0.302. The summed E-state index contributed by atoms with van der Waals surface area (Å²) < 4.78 is 0. The predicted octanol–water partition coefficient (Wildman–Crippen LogP) is 2.79. The minimum atomic E-state index is 0.334. The van der Waals surface area contributed by atoms with Gasteiger partial charge in [0.2, 0.25) is 0 Å². The Balaban J connectivity index is 1.90. The molecule has 5 nitrogen and oxygen atoms in total. The van der Waals surface area contributed by atoms with Gasteiger partial charge in [-0.15, -0.1) is 22.7 Å². The minimum Gasteiger partial charge on any atom is -0.354 e. The van der Waals surface area contributed by atoms with E-state index in [0.29, 0.717) is 6.04 Å². The molecule has 2 rings (SSSR count). The highest BCUT2D eigenvalue weighted by molar-refractivity contribution is 7.11. The molecule has 0 amide bonds. The normalized spacial score (nSPS) is 13.4. The van der Waals surface area contributed by atoms with Crippen molar-refractivity contribution < 1.29 is 0 Å². The fourth-order valence-electron chi connectivity index (χ4n) is 2.33. The second kappa shape index (κ2) is 8.42. The number of hydrogen-bond acceptors (Lipinski definition) is 5. The van der Waals surface area contributed by atoms with Gasteiger partial charge in [-0.1, -0.05) is 6.07 Å². The fraction of sp³-hybridized carbons (Fsp3) is 0.500. The second-order valence-electron chi connectivity index (χ2n) is 5.54. The molecule has 0 saturated heterocycles. The van der Waals surface area contributed by atoms with Gasteiger partial charge in [-0.3, -0.25) is 4.99 Å². The van der Waals surface area contributed by atoms with Crippen molar-refractivity contribution in [3.63, 3.8) is 0 Å². The van der Waals surface area contributed by atoms with Gasteiger partial charge in [-0.2, -0.15) is 0 Å². The van der Waals surface area contributed by atoms with Gasteiger partial charge in [-0.25, -0.2) is 4.98 Å². The van der Waals surface area contributed by atoms with Gasteiger partial charge >= 0.3 is 0 Å². The molecule has 7 heteroatoms. The van der Waals surface area contributed by atoms with Crippen molar-refractivity contribution >= 4 is 28.6 Å². The number of aromatic nitrogens is 1. The highest BCUT2D eigenvalue weighted by Gasteiger charge is 2.15. The average molecular weight is 352 g/mol. The summed E-state index contributed by atoms with van der Waals surface area (Å²) in [6.07, 6.45) is 0. The van der Waals surface area contributed by atoms with Crippen LogP contribution in [0, 0.1) is 13.8 Å². The number of thiophene rings is 1. The molecule has 126 valence electrons. The SMILES string of the molecule is CN=C(NCc1sc(C)nc1C)NCC(c1cccs1)N(C)C. The quantitative estimate of drug-likeness (QED) is 0.621. The number of likely N-dealkylation sites (N-methyl/N-ethyl adjacent to an activating group) is 1. The molecule has 0 fully saturated rings. The van der Waals surface area contributed by atoms with E-state index in [1.54, 1.807) is 29.7 Å². The molecule has 2 heterocycles. The van der Waals surface area contributed by atoms with E-state index in [1.165, 1.54) is 9.75 Å². The van der Waals surface area contributed by atoms with E-state index in [9.17, 15) is 0 Å². The van der Waals surface area contributed by atoms with Gasteiger partial charge in [0.1, 0.15) is 0 Å². The fourth-order valence-corrected chi connectivity index (χ4v) is 4.13. The van der Waals surface area contributed by atoms with Crippen molar-refractivity contribution in [1.82, 2.24) is 20.5 Å². The molecule has 0 spiro atoms. The Hall–Kier alpha value is -1.44. The van der Waals surface area contributed by atoms with Crippen LogP contribution in [0.15, 0.2) is 22.5 Å². The van der Waals surface area contributed by atoms with Crippen LogP contribution in [0.1, 0.15) is 26.5 Å². The summed E-state index contributed by atoms with van der Waals surface area (Å²) in [7, 11) is 6.01. The van der Waals surface area contributed by atoms with Crippen LogP contribution in [0.25, 0.3) is 0 Å². The summed E-state index contributed by atoms with van der Waals surface area (Å²) in [5.74, 6) is 0.818. The summed E-state index contributed by atoms with van der Waals surface area (Å²) in [6, 6.07) is 4.61. The molecule has 0 aromatic carbocycles. The third-order valence-corrected chi connectivity index (χ3v) is 5.64. The number of nitrogens with one attached hydrogen (secondary N) is 2. The van der Waals surface area contributed by atoms with Crippen molar-refractivity contribution in [2.75, 3.05) is 27.7 Å². The largest absolute Gasteiger partial charge is 0.354 e. The van der Waals surface area contributed by atoms with E-state index in [-0.39, 0.29) is 0 Å². The van der Waals surface area contributed by atoms with E-state index in [0.717, 1.165) is 29.8 Å². The molecule has 0 saturated carbocycles. The van der Waals surface area contributed by atoms with Crippen LogP contribution in [0.5, 0.6) is 0 Å². The van der Waals surface area contributed by atoms with Crippen LogP contribution >= 0.6 is 22.7 Å². The molecule has 2 aromatic heterocycles. The van der Waals surface area contributed by atoms with E-state index in [4.69, 9.17) is 0 Å². The van der Waals surface area contributed by atoms with Crippen LogP contribution in [0.3, 0.4) is 0 Å². The summed E-state index contributed by atoms with van der Waals surface area (Å²) in [6.45, 7) is 5.66. The topological polar surface area (TPSA) is 52.6 Å². The van der Waals surface area contributed by atoms with Gasteiger partial charge in [-0.05, 0) is 39.4 Å². The standard InChI is InChI=1S/C16H25N5S2/c1-11-15(23-12(2)20-11)10-19-16(17-3)18-9-13(21(4)5)14-7-6-8-22-14/h6-8,13H,9-10H2,1-5H3,(H2,17,18,19). The number of aryl methyl sites for hydroxylation is 2. The first kappa shape index (κ1) is 17.9. The molecular formula is C16H25N5S2. The van der Waals surface area contributed by atoms with Gasteiger partial charge in [0.05, 0.1) is 23.3 Å². The Morgan fingerprint density at radius 2 is 2.13 bits per heavy atom. The average Bonchev–Trinajstić information content (AvgIpc) is 3.12. The highest BCUT2D eigenvalue weighted by atomic mass is 32.1. The van der Waals surface area contributed by atoms with Crippen molar-refractivity contribution in [1.29, 1.82) is 0 Å². The van der Waals surface area contributed by atoms with Crippen LogP contribution in [0.4, 0.5) is 0 Å². The highest BCUT2D eigenvalue weighted by Crippen LogP contribution is 2.22. The zero-order valence-corrected chi connectivity index (χ0v) is 16.0. The Kier molecular flexibility index (Phi) is 6.56. The number of hydrogen-bond donors (Lipinski definition) is 2. The summed E-state index contributed by atoms with van der Waals surface area (Å²) in [5.41, 5.74) is 1.10. The molecule has 23 heavy (non-hydrogen) atoms. The zero-order chi connectivity index (χ0) is 16.8. The Bertz CT molecular complexity index is 631. The molecule has 2 N–H and O–H groups in total. The molecular weight excluding hydrogens is 326 g/mol. The van der Waals surface area contributed by atoms with E-state index in [1.807, 2.05) is 6.92 Å². The van der Waals surface area contributed by atoms with Crippen molar-refractivity contribution in [2.45, 2.75) is 26.4 Å². The molecule has 0 aliphatic heterocycles. The van der Waals surface area contributed by atoms with Crippen LogP contribution in [0.2, 0.25) is 0 Å². The molecule has 0 aliphatic rings. The lowest BCUT2D eigenvalue weighted by Gasteiger charge is -2.24. The van der Waals surface area contributed by atoms with Crippen LogP contribution < -0.4 is 10.6 Å². The van der Waals surface area contributed by atoms with E-state index >= 15 is 0 Å². The van der Waals surface area contributed by atoms with Gasteiger partial charge < -0.3 is 15.5 Å². The minimum absolute atomic E-state index is 0.334. The van der Waals surface area contributed by atoms with Gasteiger partial charge in [0.15, 0.2) is 5.96 Å². The van der Waals surface area contributed by atoms with Crippen molar-refractivity contribution in [3.8, 4) is 0 Å². The summed E-state index contributed by atoms with van der Waals surface area (Å²) in [4.78, 5) is 13.6. The third kappa shape index (κ3) is 5.02. The van der Waals surface area contributed by atoms with Crippen molar-refractivity contribution in [2.24, 2.45) is 4.99 Å². The number of nitrogens with zero attached hydrogens (tertiary/aromatic N) is 3. The van der Waals surface area contributed by atoms with Crippen LogP contribution in [-0.4, -0.2) is 43.5 Å². The molecule has 2 aromatic rings. The molecule has 0 bridgehead atoms. The molecule has 1 unspecified atom stereocenters. The van der Waals surface area contributed by atoms with Crippen LogP contribution in [-0.2, 0) is 6.54 Å². The van der Waals surface area contributed by atoms with Crippen molar-refractivity contribution in [3.05, 3.63) is 38.0 Å². The maximum absolute atomic E-state index is 4.46. The first-order valence-electron chi connectivity index (χ1n) is 7.58. The van der Waals surface area contributed by atoms with Gasteiger partial charge in [0, 0.05) is 23.3 Å². The lowest BCUT2D eigenvalue weighted by atomic mass is 10.2. The lowest BCUT2D eigenvalue weighted by Crippen LogP contribution is -2.41. The second-order valence-corrected chi connectivity index (χ2v) is 7.81. The smallest absolute Gasteiger partial charge is 0.191 e. The molecule has 0 aliphatic carbocycles. The van der Waals surface area contributed by atoms with E-state index in [2.05, 4.69) is 64.0 Å². The number of aliphatic imine (C=N–C) groups is 1.